The molecule has 7 heteroatoms. The Morgan fingerprint density at radius 2 is 1.86 bits per heavy atom. The van der Waals surface area contributed by atoms with Crippen molar-refractivity contribution in [1.82, 2.24) is 0 Å². The predicted molar refractivity (Wildman–Crippen MR) is 76.5 cm³/mol. The summed E-state index contributed by atoms with van der Waals surface area (Å²) in [6.07, 6.45) is 6.47. The van der Waals surface area contributed by atoms with Gasteiger partial charge in [-0.15, -0.1) is 0 Å². The Hall–Kier alpha value is -2.44. The van der Waals surface area contributed by atoms with Gasteiger partial charge in [-0.05, 0) is 36.7 Å². The van der Waals surface area contributed by atoms with Crippen LogP contribution >= 0.6 is 0 Å². The Kier molecular flexibility index (Phi) is 2.72. The van der Waals surface area contributed by atoms with Crippen LogP contribution in [-0.4, -0.2) is 16.0 Å². The van der Waals surface area contributed by atoms with E-state index in [9.17, 15) is 20.2 Å². The monoisotopic (exact) mass is 302 g/mol. The minimum Gasteiger partial charge on any atom is -0.483 e. The van der Waals surface area contributed by atoms with Gasteiger partial charge in [-0.2, -0.15) is 0 Å². The van der Waals surface area contributed by atoms with E-state index in [0.29, 0.717) is 23.7 Å². The van der Waals surface area contributed by atoms with Gasteiger partial charge in [0.05, 0.1) is 15.9 Å². The third kappa shape index (κ3) is 1.81. The van der Waals surface area contributed by atoms with Gasteiger partial charge in [-0.1, -0.05) is 12.2 Å². The first kappa shape index (κ1) is 13.2. The lowest BCUT2D eigenvalue weighted by molar-refractivity contribution is -0.394. The average molecular weight is 302 g/mol. The first-order valence-electron chi connectivity index (χ1n) is 7.32. The van der Waals surface area contributed by atoms with Crippen LogP contribution < -0.4 is 4.74 Å². The summed E-state index contributed by atoms with van der Waals surface area (Å²) in [5.74, 6) is 2.32. The van der Waals surface area contributed by atoms with Crippen LogP contribution in [0.25, 0.3) is 0 Å². The molecular weight excluding hydrogens is 288 g/mol. The molecule has 5 atom stereocenters. The summed E-state index contributed by atoms with van der Waals surface area (Å²) in [5, 5.41) is 21.9. The third-order valence-corrected chi connectivity index (χ3v) is 5.27. The van der Waals surface area contributed by atoms with E-state index in [1.54, 1.807) is 0 Å². The Labute approximate surface area is 125 Å². The standard InChI is InChI=1S/C15H14N2O5/c18-16(19)9-2-4-14(13(6-9)17(20)21)22-15-7-11-8-1-3-10(11)12(15)5-8/h1-4,6,8,10-12,15H,5,7H2/t8-,10+,11-,12+,15-/m0/s1. The highest BCUT2D eigenvalue weighted by atomic mass is 16.6. The molecule has 0 spiro atoms. The van der Waals surface area contributed by atoms with Crippen molar-refractivity contribution in [3.8, 4) is 5.75 Å². The van der Waals surface area contributed by atoms with Gasteiger partial charge in [-0.3, -0.25) is 20.2 Å². The highest BCUT2D eigenvalue weighted by molar-refractivity contribution is 5.53. The molecule has 4 bridgehead atoms. The second-order valence-electron chi connectivity index (χ2n) is 6.25. The number of nitro benzene ring substituents is 2. The topological polar surface area (TPSA) is 95.5 Å². The van der Waals surface area contributed by atoms with Gasteiger partial charge in [0, 0.05) is 12.0 Å². The molecule has 0 amide bonds. The quantitative estimate of drug-likeness (QED) is 0.484. The van der Waals surface area contributed by atoms with Gasteiger partial charge in [0.2, 0.25) is 0 Å². The van der Waals surface area contributed by atoms with Crippen molar-refractivity contribution in [1.29, 1.82) is 0 Å². The maximum absolute atomic E-state index is 11.1. The Balaban J connectivity index is 1.60. The molecular formula is C15H14N2O5. The van der Waals surface area contributed by atoms with Crippen LogP contribution in [0.15, 0.2) is 30.4 Å². The number of hydrogen-bond donors (Lipinski definition) is 0. The minimum absolute atomic E-state index is 0.0312. The molecule has 0 unspecified atom stereocenters. The Morgan fingerprint density at radius 1 is 1.05 bits per heavy atom. The fraction of sp³-hybridized carbons (Fsp3) is 0.467. The summed E-state index contributed by atoms with van der Waals surface area (Å²) in [5.41, 5.74) is -0.633. The average Bonchev–Trinajstić information content (AvgIpc) is 3.14. The van der Waals surface area contributed by atoms with E-state index in [2.05, 4.69) is 12.2 Å². The SMILES string of the molecule is O=[N+]([O-])c1ccc(O[C@H]2C[C@@H]3[C@H]4C=C[C@H]3C[C@H]42)c([N+](=O)[O-])c1. The predicted octanol–water partition coefficient (Wildman–Crippen LogP) is 3.09. The van der Waals surface area contributed by atoms with Gasteiger partial charge in [0.15, 0.2) is 5.75 Å². The maximum Gasteiger partial charge on any atom is 0.317 e. The van der Waals surface area contributed by atoms with E-state index in [1.807, 2.05) is 0 Å². The summed E-state index contributed by atoms with van der Waals surface area (Å²) >= 11 is 0. The van der Waals surface area contributed by atoms with Gasteiger partial charge < -0.3 is 4.74 Å². The second kappa shape index (κ2) is 4.53. The van der Waals surface area contributed by atoms with Crippen LogP contribution in [0.5, 0.6) is 5.75 Å². The number of benzene rings is 1. The van der Waals surface area contributed by atoms with Crippen molar-refractivity contribution in [2.45, 2.75) is 18.9 Å². The molecule has 0 N–H and O–H groups in total. The molecule has 22 heavy (non-hydrogen) atoms. The lowest BCUT2D eigenvalue weighted by Crippen LogP contribution is -2.28. The minimum atomic E-state index is -0.641. The lowest BCUT2D eigenvalue weighted by Gasteiger charge is -2.27. The molecule has 1 aromatic rings. The zero-order valence-electron chi connectivity index (χ0n) is 11.6. The van der Waals surface area contributed by atoms with E-state index >= 15 is 0 Å². The van der Waals surface area contributed by atoms with Gasteiger partial charge in [0.1, 0.15) is 6.10 Å². The number of ether oxygens (including phenoxy) is 1. The summed E-state index contributed by atoms with van der Waals surface area (Å²) in [6.45, 7) is 0. The van der Waals surface area contributed by atoms with Gasteiger partial charge in [-0.25, -0.2) is 0 Å². The van der Waals surface area contributed by atoms with Gasteiger partial charge in [0.25, 0.3) is 5.69 Å². The molecule has 1 aromatic carbocycles. The van der Waals surface area contributed by atoms with Crippen molar-refractivity contribution < 1.29 is 14.6 Å². The van der Waals surface area contributed by atoms with Crippen molar-refractivity contribution in [3.05, 3.63) is 50.6 Å². The summed E-state index contributed by atoms with van der Waals surface area (Å²) in [6, 6.07) is 3.56. The molecule has 0 aliphatic heterocycles. The van der Waals surface area contributed by atoms with E-state index < -0.39 is 9.85 Å². The lowest BCUT2D eigenvalue weighted by atomic mass is 9.87. The van der Waals surface area contributed by atoms with E-state index in [-0.39, 0.29) is 23.2 Å². The molecule has 7 nitrogen and oxygen atoms in total. The van der Waals surface area contributed by atoms with Crippen LogP contribution in [-0.2, 0) is 0 Å². The highest BCUT2D eigenvalue weighted by Gasteiger charge is 2.55. The first-order chi connectivity index (χ1) is 10.5. The van der Waals surface area contributed by atoms with Crippen LogP contribution in [0.2, 0.25) is 0 Å². The van der Waals surface area contributed by atoms with Crippen molar-refractivity contribution in [3.63, 3.8) is 0 Å². The van der Waals surface area contributed by atoms with E-state index in [1.165, 1.54) is 12.1 Å². The normalized spacial score (nSPS) is 34.1. The number of allylic oxidation sites excluding steroid dienone is 2. The molecule has 3 aliphatic carbocycles. The number of non-ortho nitro benzene ring substituents is 1. The molecule has 2 fully saturated rings. The summed E-state index contributed by atoms with van der Waals surface area (Å²) in [7, 11) is 0. The number of rotatable bonds is 4. The maximum atomic E-state index is 11.1. The van der Waals surface area contributed by atoms with Crippen LogP contribution in [0.3, 0.4) is 0 Å². The third-order valence-electron chi connectivity index (χ3n) is 5.27. The molecule has 114 valence electrons. The molecule has 0 aromatic heterocycles. The molecule has 3 aliphatic rings. The largest absolute Gasteiger partial charge is 0.483 e. The second-order valence-corrected chi connectivity index (χ2v) is 6.25. The van der Waals surface area contributed by atoms with Crippen molar-refractivity contribution >= 4 is 11.4 Å². The molecule has 4 rings (SSSR count). The smallest absolute Gasteiger partial charge is 0.317 e. The number of hydrogen-bond acceptors (Lipinski definition) is 5. The fourth-order valence-electron chi connectivity index (χ4n) is 4.36. The summed E-state index contributed by atoms with van der Waals surface area (Å²) in [4.78, 5) is 20.6. The number of nitrogens with zero attached hydrogens (tertiary/aromatic N) is 2. The van der Waals surface area contributed by atoms with Crippen LogP contribution in [0.1, 0.15) is 12.8 Å². The van der Waals surface area contributed by atoms with Crippen LogP contribution in [0.4, 0.5) is 11.4 Å². The Bertz CT molecular complexity index is 701. The summed E-state index contributed by atoms with van der Waals surface area (Å²) < 4.78 is 5.89. The first-order valence-corrected chi connectivity index (χ1v) is 7.32. The number of nitro groups is 2. The van der Waals surface area contributed by atoms with Gasteiger partial charge >= 0.3 is 5.69 Å². The molecule has 0 heterocycles. The Morgan fingerprint density at radius 3 is 2.50 bits per heavy atom. The van der Waals surface area contributed by atoms with Crippen LogP contribution in [0, 0.1) is 43.9 Å². The fourth-order valence-corrected chi connectivity index (χ4v) is 4.36. The zero-order chi connectivity index (χ0) is 15.4. The molecule has 0 saturated heterocycles. The molecule has 2 saturated carbocycles. The zero-order valence-corrected chi connectivity index (χ0v) is 11.6. The molecule has 0 radical (unpaired) electrons. The van der Waals surface area contributed by atoms with E-state index in [0.717, 1.165) is 18.9 Å². The van der Waals surface area contributed by atoms with Crippen molar-refractivity contribution in [2.24, 2.45) is 23.7 Å². The van der Waals surface area contributed by atoms with E-state index in [4.69, 9.17) is 4.74 Å². The van der Waals surface area contributed by atoms with Crippen molar-refractivity contribution in [2.75, 3.05) is 0 Å². The highest BCUT2D eigenvalue weighted by Crippen LogP contribution is 2.58.